The molecular weight excluding hydrogens is 271 g/mol. The summed E-state index contributed by atoms with van der Waals surface area (Å²) >= 11 is 0. The number of hydrogen-bond donors (Lipinski definition) is 1. The minimum atomic E-state index is -4.41. The third-order valence-electron chi connectivity index (χ3n) is 3.43. The SMILES string of the molecule is CN(CC(O)C1CC1)C(=O)c1ccc(C(F)(F)F)cc1. The van der Waals surface area contributed by atoms with Crippen molar-refractivity contribution in [3.05, 3.63) is 35.4 Å². The van der Waals surface area contributed by atoms with Crippen LogP contribution in [-0.4, -0.2) is 35.6 Å². The minimum Gasteiger partial charge on any atom is -0.391 e. The number of amides is 1. The van der Waals surface area contributed by atoms with Crippen LogP contribution in [0, 0.1) is 5.92 Å². The van der Waals surface area contributed by atoms with Crippen LogP contribution in [0.2, 0.25) is 0 Å². The number of benzene rings is 1. The lowest BCUT2D eigenvalue weighted by molar-refractivity contribution is -0.137. The molecule has 1 saturated carbocycles. The van der Waals surface area contributed by atoms with E-state index in [-0.39, 0.29) is 18.0 Å². The number of hydrogen-bond acceptors (Lipinski definition) is 2. The van der Waals surface area contributed by atoms with E-state index in [1.54, 1.807) is 0 Å². The quantitative estimate of drug-likeness (QED) is 0.924. The van der Waals surface area contributed by atoms with Crippen molar-refractivity contribution in [1.29, 1.82) is 0 Å². The molecule has 0 saturated heterocycles. The first-order valence-corrected chi connectivity index (χ1v) is 6.40. The number of nitrogens with zero attached hydrogens (tertiary/aromatic N) is 1. The van der Waals surface area contributed by atoms with Crippen LogP contribution in [0.3, 0.4) is 0 Å². The van der Waals surface area contributed by atoms with Crippen LogP contribution in [0.1, 0.15) is 28.8 Å². The number of carbonyl (C=O) groups excluding carboxylic acids is 1. The van der Waals surface area contributed by atoms with Crippen molar-refractivity contribution in [3.8, 4) is 0 Å². The molecule has 1 unspecified atom stereocenters. The van der Waals surface area contributed by atoms with Crippen LogP contribution in [0.25, 0.3) is 0 Å². The lowest BCUT2D eigenvalue weighted by Crippen LogP contribution is -2.35. The third kappa shape index (κ3) is 3.50. The van der Waals surface area contributed by atoms with Gasteiger partial charge in [-0.05, 0) is 43.0 Å². The third-order valence-corrected chi connectivity index (χ3v) is 3.43. The number of aliphatic hydroxyl groups is 1. The van der Waals surface area contributed by atoms with E-state index in [0.29, 0.717) is 0 Å². The number of halogens is 3. The largest absolute Gasteiger partial charge is 0.416 e. The Kier molecular flexibility index (Phi) is 4.04. The fourth-order valence-electron chi connectivity index (χ4n) is 2.02. The first-order chi connectivity index (χ1) is 9.29. The summed E-state index contributed by atoms with van der Waals surface area (Å²) in [5, 5.41) is 9.76. The first-order valence-electron chi connectivity index (χ1n) is 6.40. The van der Waals surface area contributed by atoms with Gasteiger partial charge >= 0.3 is 6.18 Å². The van der Waals surface area contributed by atoms with Gasteiger partial charge in [-0.1, -0.05) is 0 Å². The molecule has 110 valence electrons. The number of carbonyl (C=O) groups is 1. The molecule has 1 aliphatic rings. The summed E-state index contributed by atoms with van der Waals surface area (Å²) < 4.78 is 37.3. The molecule has 1 N–H and O–H groups in total. The zero-order chi connectivity index (χ0) is 14.9. The molecule has 1 aliphatic carbocycles. The highest BCUT2D eigenvalue weighted by Gasteiger charge is 2.32. The molecule has 0 bridgehead atoms. The molecule has 0 aromatic heterocycles. The van der Waals surface area contributed by atoms with Crippen molar-refractivity contribution in [2.45, 2.75) is 25.1 Å². The molecule has 1 amide bonds. The summed E-state index contributed by atoms with van der Waals surface area (Å²) in [6, 6.07) is 4.09. The predicted octanol–water partition coefficient (Wildman–Crippen LogP) is 2.55. The molecule has 2 rings (SSSR count). The standard InChI is InChI=1S/C14H16F3NO2/c1-18(8-12(19)9-2-3-9)13(20)10-4-6-11(7-5-10)14(15,16)17/h4-7,9,12,19H,2-3,8H2,1H3. The van der Waals surface area contributed by atoms with Gasteiger partial charge in [0, 0.05) is 19.2 Å². The van der Waals surface area contributed by atoms with Gasteiger partial charge in [0.1, 0.15) is 0 Å². The van der Waals surface area contributed by atoms with Crippen LogP contribution in [0.4, 0.5) is 13.2 Å². The number of alkyl halides is 3. The van der Waals surface area contributed by atoms with Gasteiger partial charge < -0.3 is 10.0 Å². The zero-order valence-electron chi connectivity index (χ0n) is 11.0. The summed E-state index contributed by atoms with van der Waals surface area (Å²) in [4.78, 5) is 13.4. The summed E-state index contributed by atoms with van der Waals surface area (Å²) in [5.74, 6) is -0.142. The zero-order valence-corrected chi connectivity index (χ0v) is 11.0. The average molecular weight is 287 g/mol. The summed E-state index contributed by atoms with van der Waals surface area (Å²) in [7, 11) is 1.53. The van der Waals surface area contributed by atoms with Crippen LogP contribution < -0.4 is 0 Å². The van der Waals surface area contributed by atoms with E-state index in [1.807, 2.05) is 0 Å². The minimum absolute atomic E-state index is 0.184. The highest BCUT2D eigenvalue weighted by atomic mass is 19.4. The van der Waals surface area contributed by atoms with E-state index in [2.05, 4.69) is 0 Å². The predicted molar refractivity (Wildman–Crippen MR) is 67.1 cm³/mol. The van der Waals surface area contributed by atoms with Crippen molar-refractivity contribution in [1.82, 2.24) is 4.90 Å². The van der Waals surface area contributed by atoms with Crippen molar-refractivity contribution < 1.29 is 23.1 Å². The Bertz CT molecular complexity index is 480. The van der Waals surface area contributed by atoms with Crippen LogP contribution in [0.5, 0.6) is 0 Å². The number of rotatable bonds is 4. The molecule has 0 aliphatic heterocycles. The Balaban J connectivity index is 2.01. The Hall–Kier alpha value is -1.56. The van der Waals surface area contributed by atoms with E-state index in [4.69, 9.17) is 0 Å². The van der Waals surface area contributed by atoms with Gasteiger partial charge in [0.25, 0.3) is 5.91 Å². The van der Waals surface area contributed by atoms with Gasteiger partial charge in [-0.25, -0.2) is 0 Å². The van der Waals surface area contributed by atoms with E-state index in [1.165, 1.54) is 11.9 Å². The topological polar surface area (TPSA) is 40.5 Å². The molecule has 0 heterocycles. The van der Waals surface area contributed by atoms with Crippen LogP contribution in [-0.2, 0) is 6.18 Å². The fourth-order valence-corrected chi connectivity index (χ4v) is 2.02. The number of likely N-dealkylation sites (N-methyl/N-ethyl adjacent to an activating group) is 1. The van der Waals surface area contributed by atoms with Gasteiger partial charge in [-0.3, -0.25) is 4.79 Å². The van der Waals surface area contributed by atoms with Crippen molar-refractivity contribution in [2.24, 2.45) is 5.92 Å². The van der Waals surface area contributed by atoms with Crippen molar-refractivity contribution >= 4 is 5.91 Å². The Labute approximate surface area is 115 Å². The average Bonchev–Trinajstić information content (AvgIpc) is 3.21. The summed E-state index contributed by atoms with van der Waals surface area (Å²) in [6.07, 6.45) is -3.04. The van der Waals surface area contributed by atoms with Crippen LogP contribution >= 0.6 is 0 Å². The highest BCUT2D eigenvalue weighted by molar-refractivity contribution is 5.94. The second-order valence-corrected chi connectivity index (χ2v) is 5.17. The van der Waals surface area contributed by atoms with Gasteiger partial charge in [0.15, 0.2) is 0 Å². The first kappa shape index (κ1) is 14.8. The van der Waals surface area contributed by atoms with E-state index >= 15 is 0 Å². The van der Waals surface area contributed by atoms with E-state index < -0.39 is 23.8 Å². The molecule has 1 fully saturated rings. The van der Waals surface area contributed by atoms with Gasteiger partial charge in [-0.15, -0.1) is 0 Å². The Morgan fingerprint density at radius 3 is 2.35 bits per heavy atom. The van der Waals surface area contributed by atoms with Crippen molar-refractivity contribution in [2.75, 3.05) is 13.6 Å². The Morgan fingerprint density at radius 1 is 1.35 bits per heavy atom. The smallest absolute Gasteiger partial charge is 0.391 e. The van der Waals surface area contributed by atoms with Gasteiger partial charge in [0.2, 0.25) is 0 Å². The van der Waals surface area contributed by atoms with E-state index in [0.717, 1.165) is 37.1 Å². The molecule has 1 aromatic carbocycles. The molecule has 0 radical (unpaired) electrons. The monoisotopic (exact) mass is 287 g/mol. The van der Waals surface area contributed by atoms with E-state index in [9.17, 15) is 23.1 Å². The summed E-state index contributed by atoms with van der Waals surface area (Å²) in [6.45, 7) is 0.199. The molecule has 20 heavy (non-hydrogen) atoms. The second kappa shape index (κ2) is 5.44. The molecule has 1 aromatic rings. The fraction of sp³-hybridized carbons (Fsp3) is 0.500. The molecule has 6 heteroatoms. The maximum Gasteiger partial charge on any atom is 0.416 e. The van der Waals surface area contributed by atoms with Crippen molar-refractivity contribution in [3.63, 3.8) is 0 Å². The normalized spacial score (nSPS) is 16.9. The number of aliphatic hydroxyl groups excluding tert-OH is 1. The summed E-state index contributed by atoms with van der Waals surface area (Å²) in [5.41, 5.74) is -0.599. The van der Waals surface area contributed by atoms with Crippen LogP contribution in [0.15, 0.2) is 24.3 Å². The van der Waals surface area contributed by atoms with Gasteiger partial charge in [-0.2, -0.15) is 13.2 Å². The maximum absolute atomic E-state index is 12.4. The molecule has 0 spiro atoms. The molecule has 3 nitrogen and oxygen atoms in total. The highest BCUT2D eigenvalue weighted by Crippen LogP contribution is 2.33. The second-order valence-electron chi connectivity index (χ2n) is 5.17. The maximum atomic E-state index is 12.4. The Morgan fingerprint density at radius 2 is 1.90 bits per heavy atom. The lowest BCUT2D eigenvalue weighted by atomic mass is 10.1. The molecular formula is C14H16F3NO2. The van der Waals surface area contributed by atoms with Gasteiger partial charge in [0.05, 0.1) is 11.7 Å². The molecule has 1 atom stereocenters. The lowest BCUT2D eigenvalue weighted by Gasteiger charge is -2.21.